The van der Waals surface area contributed by atoms with Crippen LogP contribution >= 0.6 is 0 Å². The second kappa shape index (κ2) is 5.99. The minimum atomic E-state index is -0.382. The van der Waals surface area contributed by atoms with E-state index >= 15 is 0 Å². The predicted molar refractivity (Wildman–Crippen MR) is 73.2 cm³/mol. The fraction of sp³-hybridized carbons (Fsp3) is 0.538. The van der Waals surface area contributed by atoms with Crippen molar-refractivity contribution in [1.82, 2.24) is 4.90 Å². The molecule has 1 aromatic rings. The van der Waals surface area contributed by atoms with Crippen molar-refractivity contribution in [2.24, 2.45) is 0 Å². The molecule has 0 amide bonds. The van der Waals surface area contributed by atoms with Crippen molar-refractivity contribution < 1.29 is 10.0 Å². The van der Waals surface area contributed by atoms with Crippen molar-refractivity contribution in [2.45, 2.75) is 25.5 Å². The summed E-state index contributed by atoms with van der Waals surface area (Å²) < 4.78 is 0. The number of nitro groups is 1. The highest BCUT2D eigenvalue weighted by atomic mass is 16.6. The van der Waals surface area contributed by atoms with Crippen LogP contribution in [0.3, 0.4) is 0 Å². The van der Waals surface area contributed by atoms with E-state index < -0.39 is 0 Å². The van der Waals surface area contributed by atoms with Crippen LogP contribution in [0.4, 0.5) is 11.4 Å². The molecule has 1 aromatic carbocycles. The zero-order chi connectivity index (χ0) is 13.8. The molecule has 0 atom stereocenters. The maximum absolute atomic E-state index is 10.8. The summed E-state index contributed by atoms with van der Waals surface area (Å²) in [6.45, 7) is 2.50. The van der Waals surface area contributed by atoms with Crippen molar-refractivity contribution in [3.8, 4) is 0 Å². The number of nitrogens with one attached hydrogen (secondary N) is 1. The molecule has 0 radical (unpaired) electrons. The molecule has 0 saturated carbocycles. The average Bonchev–Trinajstić information content (AvgIpc) is 2.41. The number of nitrogens with zero attached hydrogens (tertiary/aromatic N) is 2. The van der Waals surface area contributed by atoms with E-state index in [-0.39, 0.29) is 16.7 Å². The quantitative estimate of drug-likeness (QED) is 0.638. The van der Waals surface area contributed by atoms with Crippen molar-refractivity contribution >= 4 is 11.4 Å². The third kappa shape index (κ3) is 3.42. The lowest BCUT2D eigenvalue weighted by molar-refractivity contribution is -0.384. The van der Waals surface area contributed by atoms with Crippen molar-refractivity contribution in [3.05, 3.63) is 33.9 Å². The van der Waals surface area contributed by atoms with E-state index in [0.717, 1.165) is 38.0 Å². The molecule has 0 unspecified atom stereocenters. The largest absolute Gasteiger partial charge is 0.393 e. The van der Waals surface area contributed by atoms with Crippen LogP contribution < -0.4 is 5.32 Å². The van der Waals surface area contributed by atoms with Crippen LogP contribution in [-0.2, 0) is 6.54 Å². The Morgan fingerprint density at radius 3 is 2.74 bits per heavy atom. The van der Waals surface area contributed by atoms with Gasteiger partial charge in [-0.1, -0.05) is 6.07 Å². The number of rotatable bonds is 4. The molecule has 0 spiro atoms. The Hall–Kier alpha value is -1.66. The van der Waals surface area contributed by atoms with Crippen LogP contribution in [0.25, 0.3) is 0 Å². The molecule has 2 rings (SSSR count). The number of hydrogen-bond acceptors (Lipinski definition) is 5. The molecule has 0 aromatic heterocycles. The van der Waals surface area contributed by atoms with Crippen molar-refractivity contribution in [1.29, 1.82) is 0 Å². The minimum Gasteiger partial charge on any atom is -0.393 e. The molecule has 6 nitrogen and oxygen atoms in total. The Bertz CT molecular complexity index is 456. The Morgan fingerprint density at radius 1 is 1.47 bits per heavy atom. The van der Waals surface area contributed by atoms with E-state index in [1.54, 1.807) is 19.2 Å². The maximum atomic E-state index is 10.8. The van der Waals surface area contributed by atoms with Gasteiger partial charge in [0.05, 0.1) is 11.0 Å². The molecule has 6 heteroatoms. The zero-order valence-corrected chi connectivity index (χ0v) is 11.0. The van der Waals surface area contributed by atoms with Crippen molar-refractivity contribution in [3.63, 3.8) is 0 Å². The van der Waals surface area contributed by atoms with E-state index in [1.165, 1.54) is 0 Å². The van der Waals surface area contributed by atoms with E-state index in [0.29, 0.717) is 5.69 Å². The van der Waals surface area contributed by atoms with Gasteiger partial charge < -0.3 is 10.4 Å². The first-order chi connectivity index (χ1) is 9.10. The van der Waals surface area contributed by atoms with Crippen molar-refractivity contribution in [2.75, 3.05) is 25.5 Å². The number of benzene rings is 1. The van der Waals surface area contributed by atoms with E-state index in [1.807, 2.05) is 6.07 Å². The van der Waals surface area contributed by atoms with Gasteiger partial charge in [-0.25, -0.2) is 0 Å². The molecule has 1 saturated heterocycles. The van der Waals surface area contributed by atoms with E-state index in [2.05, 4.69) is 10.2 Å². The topological polar surface area (TPSA) is 78.6 Å². The summed E-state index contributed by atoms with van der Waals surface area (Å²) in [5.41, 5.74) is 1.69. The summed E-state index contributed by atoms with van der Waals surface area (Å²) in [5.74, 6) is 0. The summed E-state index contributed by atoms with van der Waals surface area (Å²) in [7, 11) is 1.68. The Morgan fingerprint density at radius 2 is 2.16 bits per heavy atom. The smallest absolute Gasteiger partial charge is 0.292 e. The van der Waals surface area contributed by atoms with Crippen LogP contribution in [0.1, 0.15) is 18.4 Å². The number of hydrogen-bond donors (Lipinski definition) is 2. The van der Waals surface area contributed by atoms with Gasteiger partial charge in [-0.05, 0) is 24.5 Å². The van der Waals surface area contributed by atoms with Gasteiger partial charge in [-0.3, -0.25) is 15.0 Å². The number of likely N-dealkylation sites (tertiary alicyclic amines) is 1. The van der Waals surface area contributed by atoms with Gasteiger partial charge in [-0.2, -0.15) is 0 Å². The van der Waals surface area contributed by atoms with Gasteiger partial charge in [-0.15, -0.1) is 0 Å². The number of aliphatic hydroxyl groups excluding tert-OH is 1. The van der Waals surface area contributed by atoms with Gasteiger partial charge in [0.1, 0.15) is 5.69 Å². The molecule has 1 fully saturated rings. The summed E-state index contributed by atoms with van der Waals surface area (Å²) in [4.78, 5) is 12.7. The highest BCUT2D eigenvalue weighted by molar-refractivity contribution is 5.62. The lowest BCUT2D eigenvalue weighted by atomic mass is 10.1. The fourth-order valence-electron chi connectivity index (χ4n) is 2.38. The first-order valence-corrected chi connectivity index (χ1v) is 6.45. The highest BCUT2D eigenvalue weighted by Gasteiger charge is 2.18. The third-order valence-corrected chi connectivity index (χ3v) is 3.49. The third-order valence-electron chi connectivity index (χ3n) is 3.49. The first kappa shape index (κ1) is 13.8. The second-order valence-corrected chi connectivity index (χ2v) is 4.87. The van der Waals surface area contributed by atoms with Crippen LogP contribution in [0.5, 0.6) is 0 Å². The molecule has 1 aliphatic heterocycles. The highest BCUT2D eigenvalue weighted by Crippen LogP contribution is 2.26. The number of piperidine rings is 1. The molecule has 2 N–H and O–H groups in total. The van der Waals surface area contributed by atoms with Crippen LogP contribution in [0.2, 0.25) is 0 Å². The molecule has 0 bridgehead atoms. The van der Waals surface area contributed by atoms with Gasteiger partial charge in [0.15, 0.2) is 0 Å². The van der Waals surface area contributed by atoms with E-state index in [9.17, 15) is 15.2 Å². The normalized spacial score (nSPS) is 17.4. The molecule has 1 aliphatic rings. The molecule has 0 aliphatic carbocycles. The summed E-state index contributed by atoms with van der Waals surface area (Å²) in [5, 5.41) is 23.2. The van der Waals surface area contributed by atoms with Gasteiger partial charge in [0.25, 0.3) is 5.69 Å². The van der Waals surface area contributed by atoms with Crippen LogP contribution in [-0.4, -0.2) is 41.2 Å². The lowest BCUT2D eigenvalue weighted by Gasteiger charge is -2.29. The van der Waals surface area contributed by atoms with Crippen LogP contribution in [0.15, 0.2) is 18.2 Å². The van der Waals surface area contributed by atoms with Gasteiger partial charge >= 0.3 is 0 Å². The molecule has 1 heterocycles. The van der Waals surface area contributed by atoms with Gasteiger partial charge in [0.2, 0.25) is 0 Å². The summed E-state index contributed by atoms with van der Waals surface area (Å²) in [6, 6.07) is 5.16. The van der Waals surface area contributed by atoms with Gasteiger partial charge in [0, 0.05) is 32.7 Å². The predicted octanol–water partition coefficient (Wildman–Crippen LogP) is 1.59. The summed E-state index contributed by atoms with van der Waals surface area (Å²) in [6.07, 6.45) is 1.42. The zero-order valence-electron chi connectivity index (χ0n) is 11.0. The Balaban J connectivity index is 2.07. The standard InChI is InChI=1S/C13H19N3O3/c1-14-12-8-10(2-3-13(12)16(18)19)9-15-6-4-11(17)5-7-15/h2-3,8,11,14,17H,4-7,9H2,1H3. The first-order valence-electron chi connectivity index (χ1n) is 6.45. The van der Waals surface area contributed by atoms with Crippen LogP contribution in [0, 0.1) is 10.1 Å². The molecular weight excluding hydrogens is 246 g/mol. The fourth-order valence-corrected chi connectivity index (χ4v) is 2.38. The number of aliphatic hydroxyl groups is 1. The molecule has 19 heavy (non-hydrogen) atoms. The maximum Gasteiger partial charge on any atom is 0.292 e. The molecular formula is C13H19N3O3. The monoisotopic (exact) mass is 265 g/mol. The lowest BCUT2D eigenvalue weighted by Crippen LogP contribution is -2.35. The second-order valence-electron chi connectivity index (χ2n) is 4.87. The average molecular weight is 265 g/mol. The summed E-state index contributed by atoms with van der Waals surface area (Å²) >= 11 is 0. The minimum absolute atomic E-state index is 0.0975. The number of nitro benzene ring substituents is 1. The van der Waals surface area contributed by atoms with E-state index in [4.69, 9.17) is 0 Å². The Kier molecular flexibility index (Phi) is 4.34. The SMILES string of the molecule is CNc1cc(CN2CCC(O)CC2)ccc1[N+](=O)[O-]. The number of anilines is 1. The molecule has 104 valence electrons. The Labute approximate surface area is 112 Å².